The molecule has 0 spiro atoms. The van der Waals surface area contributed by atoms with Crippen LogP contribution >= 0.6 is 0 Å². The van der Waals surface area contributed by atoms with Crippen molar-refractivity contribution in [3.05, 3.63) is 54.1 Å². The van der Waals surface area contributed by atoms with Gasteiger partial charge in [-0.15, -0.1) is 0 Å². The first-order valence-corrected chi connectivity index (χ1v) is 10.5. The molecular formula is C20H22N2O3S. The number of nitrogens with zero attached hydrogens (tertiary/aromatic N) is 2. The maximum Gasteiger partial charge on any atom is 0.243 e. The number of anilines is 2. The van der Waals surface area contributed by atoms with E-state index < -0.39 is 15.1 Å². The fourth-order valence-electron chi connectivity index (χ4n) is 3.76. The quantitative estimate of drug-likeness (QED) is 0.816. The molecule has 0 N–H and O–H groups in total. The van der Waals surface area contributed by atoms with Crippen LogP contribution in [0.4, 0.5) is 11.4 Å². The minimum atomic E-state index is -3.70. The predicted molar refractivity (Wildman–Crippen MR) is 101 cm³/mol. The molecule has 1 atom stereocenters. The van der Waals surface area contributed by atoms with Crippen molar-refractivity contribution in [1.29, 1.82) is 0 Å². The van der Waals surface area contributed by atoms with Gasteiger partial charge in [0.25, 0.3) is 0 Å². The summed E-state index contributed by atoms with van der Waals surface area (Å²) in [6, 6.07) is 14.9. The highest BCUT2D eigenvalue weighted by Crippen LogP contribution is 2.39. The van der Waals surface area contributed by atoms with Crippen LogP contribution in [-0.4, -0.2) is 44.1 Å². The minimum absolute atomic E-state index is 0.151. The van der Waals surface area contributed by atoms with Crippen LogP contribution in [0.15, 0.2) is 53.4 Å². The summed E-state index contributed by atoms with van der Waals surface area (Å²) in [5, 5.41) is -1.06. The Labute approximate surface area is 154 Å². The van der Waals surface area contributed by atoms with Crippen molar-refractivity contribution < 1.29 is 13.2 Å². The molecule has 136 valence electrons. The highest BCUT2D eigenvalue weighted by Gasteiger charge is 2.44. The maximum absolute atomic E-state index is 13.2. The second kappa shape index (κ2) is 6.43. The molecule has 0 aliphatic carbocycles. The summed E-state index contributed by atoms with van der Waals surface area (Å²) in [4.78, 5) is 16.9. The molecule has 0 radical (unpaired) electrons. The number of likely N-dealkylation sites (tertiary alicyclic amines) is 1. The van der Waals surface area contributed by atoms with Crippen molar-refractivity contribution in [1.82, 2.24) is 4.90 Å². The lowest BCUT2D eigenvalue weighted by Crippen LogP contribution is -2.50. The second-order valence-corrected chi connectivity index (χ2v) is 9.08. The number of aryl methyl sites for hydroxylation is 1. The molecule has 2 heterocycles. The molecule has 0 saturated carbocycles. The molecule has 1 fully saturated rings. The van der Waals surface area contributed by atoms with Crippen molar-refractivity contribution in [3.63, 3.8) is 0 Å². The molecule has 4 rings (SSSR count). The van der Waals surface area contributed by atoms with E-state index in [0.29, 0.717) is 18.8 Å². The molecule has 2 aliphatic heterocycles. The molecule has 5 nitrogen and oxygen atoms in total. The Balaban J connectivity index is 1.80. The molecule has 2 aromatic rings. The number of para-hydroxylation sites is 1. The van der Waals surface area contributed by atoms with E-state index in [0.717, 1.165) is 24.1 Å². The monoisotopic (exact) mass is 370 g/mol. The van der Waals surface area contributed by atoms with Crippen LogP contribution in [0.25, 0.3) is 0 Å². The van der Waals surface area contributed by atoms with E-state index in [4.69, 9.17) is 0 Å². The zero-order valence-corrected chi connectivity index (χ0v) is 15.6. The topological polar surface area (TPSA) is 57.7 Å². The number of hydrogen-bond donors (Lipinski definition) is 0. The van der Waals surface area contributed by atoms with Gasteiger partial charge in [0.05, 0.1) is 10.6 Å². The lowest BCUT2D eigenvalue weighted by molar-refractivity contribution is -0.129. The smallest absolute Gasteiger partial charge is 0.243 e. The Morgan fingerprint density at radius 1 is 1.00 bits per heavy atom. The molecule has 1 amide bonds. The standard InChI is InChI=1S/C20H22N2O3S/c1-15-8-10-16(11-9-15)22-14-19(20(23)21-12-4-5-13-21)26(24,25)18-7-3-2-6-17(18)22/h2-3,6-11,19H,4-5,12-14H2,1H3/t19-/m1/s1. The van der Waals surface area contributed by atoms with Gasteiger partial charge in [-0.3, -0.25) is 4.79 Å². The summed E-state index contributed by atoms with van der Waals surface area (Å²) in [7, 11) is -3.70. The van der Waals surface area contributed by atoms with Gasteiger partial charge in [0.15, 0.2) is 15.1 Å². The predicted octanol–water partition coefficient (Wildman–Crippen LogP) is 2.91. The molecule has 26 heavy (non-hydrogen) atoms. The van der Waals surface area contributed by atoms with Crippen molar-refractivity contribution in [2.24, 2.45) is 0 Å². The van der Waals surface area contributed by atoms with Gasteiger partial charge in [-0.2, -0.15) is 0 Å². The number of sulfone groups is 1. The molecule has 1 saturated heterocycles. The highest BCUT2D eigenvalue weighted by atomic mass is 32.2. The van der Waals surface area contributed by atoms with Crippen LogP contribution in [0.1, 0.15) is 18.4 Å². The number of carbonyl (C=O) groups excluding carboxylic acids is 1. The third kappa shape index (κ3) is 2.78. The molecular weight excluding hydrogens is 348 g/mol. The molecule has 6 heteroatoms. The number of amides is 1. The van der Waals surface area contributed by atoms with E-state index in [1.807, 2.05) is 48.2 Å². The number of fused-ring (bicyclic) bond motifs is 1. The van der Waals surface area contributed by atoms with Gasteiger partial charge in [0.1, 0.15) is 0 Å². The SMILES string of the molecule is Cc1ccc(N2C[C@H](C(=O)N3CCCC3)S(=O)(=O)c3ccccc32)cc1. The molecule has 0 unspecified atom stereocenters. The lowest BCUT2D eigenvalue weighted by Gasteiger charge is -2.36. The number of carbonyl (C=O) groups is 1. The Morgan fingerprint density at radius 3 is 2.35 bits per heavy atom. The Bertz CT molecular complexity index is 932. The van der Waals surface area contributed by atoms with Gasteiger partial charge >= 0.3 is 0 Å². The first kappa shape index (κ1) is 17.1. The van der Waals surface area contributed by atoms with Crippen LogP contribution in [-0.2, 0) is 14.6 Å². The van der Waals surface area contributed by atoms with Crippen LogP contribution in [0.3, 0.4) is 0 Å². The van der Waals surface area contributed by atoms with Gasteiger partial charge in [-0.25, -0.2) is 8.42 Å². The molecule has 2 aliphatic rings. The molecule has 2 aromatic carbocycles. The summed E-state index contributed by atoms with van der Waals surface area (Å²) in [5.41, 5.74) is 2.68. The van der Waals surface area contributed by atoms with Gasteiger partial charge in [0, 0.05) is 25.3 Å². The fourth-order valence-corrected chi connectivity index (χ4v) is 5.56. The van der Waals surface area contributed by atoms with Crippen LogP contribution < -0.4 is 4.90 Å². The minimum Gasteiger partial charge on any atom is -0.342 e. The summed E-state index contributed by atoms with van der Waals surface area (Å²) in [6.45, 7) is 3.46. The van der Waals surface area contributed by atoms with Crippen molar-refractivity contribution in [2.45, 2.75) is 29.9 Å². The van der Waals surface area contributed by atoms with Crippen LogP contribution in [0.2, 0.25) is 0 Å². The van der Waals surface area contributed by atoms with Gasteiger partial charge in [-0.05, 0) is 44.0 Å². The largest absolute Gasteiger partial charge is 0.342 e. The van der Waals surface area contributed by atoms with E-state index in [1.165, 1.54) is 0 Å². The average Bonchev–Trinajstić information content (AvgIpc) is 3.17. The maximum atomic E-state index is 13.2. The van der Waals surface area contributed by atoms with Crippen molar-refractivity contribution in [2.75, 3.05) is 24.5 Å². The van der Waals surface area contributed by atoms with Crippen LogP contribution in [0.5, 0.6) is 0 Å². The van der Waals surface area contributed by atoms with Gasteiger partial charge in [-0.1, -0.05) is 29.8 Å². The first-order valence-electron chi connectivity index (χ1n) is 8.94. The van der Waals surface area contributed by atoms with E-state index in [2.05, 4.69) is 0 Å². The van der Waals surface area contributed by atoms with Gasteiger partial charge in [0.2, 0.25) is 5.91 Å². The second-order valence-electron chi connectivity index (χ2n) is 6.98. The zero-order valence-electron chi connectivity index (χ0n) is 14.8. The number of hydrogen-bond acceptors (Lipinski definition) is 4. The Hall–Kier alpha value is -2.34. The third-order valence-electron chi connectivity index (χ3n) is 5.22. The lowest BCUT2D eigenvalue weighted by atomic mass is 10.1. The van der Waals surface area contributed by atoms with E-state index >= 15 is 0 Å². The summed E-state index contributed by atoms with van der Waals surface area (Å²) < 4.78 is 26.3. The van der Waals surface area contributed by atoms with Crippen molar-refractivity contribution in [3.8, 4) is 0 Å². The molecule has 0 aromatic heterocycles. The van der Waals surface area contributed by atoms with Crippen LogP contribution in [0, 0.1) is 6.92 Å². The van der Waals surface area contributed by atoms with E-state index in [-0.39, 0.29) is 17.3 Å². The summed E-state index contributed by atoms with van der Waals surface area (Å²) >= 11 is 0. The summed E-state index contributed by atoms with van der Waals surface area (Å²) in [5.74, 6) is -0.269. The van der Waals surface area contributed by atoms with E-state index in [1.54, 1.807) is 17.0 Å². The van der Waals surface area contributed by atoms with E-state index in [9.17, 15) is 13.2 Å². The first-order chi connectivity index (χ1) is 12.5. The number of rotatable bonds is 2. The average molecular weight is 370 g/mol. The van der Waals surface area contributed by atoms with Gasteiger partial charge < -0.3 is 9.80 Å². The molecule has 0 bridgehead atoms. The highest BCUT2D eigenvalue weighted by molar-refractivity contribution is 7.93. The normalized spacial score (nSPS) is 21.5. The fraction of sp³-hybridized carbons (Fsp3) is 0.350. The Kier molecular flexibility index (Phi) is 4.23. The zero-order chi connectivity index (χ0) is 18.3. The summed E-state index contributed by atoms with van der Waals surface area (Å²) in [6.07, 6.45) is 1.88. The third-order valence-corrected chi connectivity index (χ3v) is 7.28. The van der Waals surface area contributed by atoms with Crippen molar-refractivity contribution >= 4 is 27.1 Å². The Morgan fingerprint density at radius 2 is 1.65 bits per heavy atom. The number of benzene rings is 2.